The molecule has 3 N–H and O–H groups in total. The normalized spacial score (nSPS) is 10.1. The number of rotatable bonds is 6. The lowest BCUT2D eigenvalue weighted by Crippen LogP contribution is -2.36. The van der Waals surface area contributed by atoms with E-state index in [9.17, 15) is 4.79 Å². The van der Waals surface area contributed by atoms with E-state index in [0.717, 1.165) is 16.1 Å². The van der Waals surface area contributed by atoms with Crippen molar-refractivity contribution >= 4 is 40.6 Å². The van der Waals surface area contributed by atoms with Gasteiger partial charge in [0.2, 0.25) is 5.91 Å². The van der Waals surface area contributed by atoms with Gasteiger partial charge in [0.25, 0.3) is 0 Å². The van der Waals surface area contributed by atoms with Crippen LogP contribution in [0.4, 0.5) is 5.69 Å². The molecule has 6 heteroatoms. The number of nitrogens with two attached hydrogens (primary N) is 1. The van der Waals surface area contributed by atoms with Gasteiger partial charge in [-0.05, 0) is 25.3 Å². The Labute approximate surface area is 123 Å². The molecule has 0 fully saturated rings. The quantitative estimate of drug-likeness (QED) is 0.617. The van der Waals surface area contributed by atoms with Crippen molar-refractivity contribution in [3.8, 4) is 0 Å². The topological polar surface area (TPSA) is 58.4 Å². The number of amides is 1. The van der Waals surface area contributed by atoms with Crippen LogP contribution in [-0.2, 0) is 4.79 Å². The number of hydrogen-bond donors (Lipinski definition) is 2. The Morgan fingerprint density at radius 2 is 2.21 bits per heavy atom. The first-order chi connectivity index (χ1) is 9.04. The molecule has 0 spiro atoms. The van der Waals surface area contributed by atoms with Crippen molar-refractivity contribution in [1.29, 1.82) is 0 Å². The predicted molar refractivity (Wildman–Crippen MR) is 86.1 cm³/mol. The van der Waals surface area contributed by atoms with Crippen LogP contribution in [0.25, 0.3) is 0 Å². The smallest absolute Gasteiger partial charge is 0.239 e. The van der Waals surface area contributed by atoms with E-state index in [1.165, 1.54) is 0 Å². The number of nitrogens with zero attached hydrogens (tertiary/aromatic N) is 1. The Bertz CT molecular complexity index is 477. The van der Waals surface area contributed by atoms with Crippen LogP contribution in [-0.4, -0.2) is 37.3 Å². The second kappa shape index (κ2) is 7.35. The third-order valence-corrected chi connectivity index (χ3v) is 3.79. The SMILES string of the molecule is CCN(CC(=O)NC)c1cccc(SC)c1C(N)=S. The van der Waals surface area contributed by atoms with Gasteiger partial charge in [-0.1, -0.05) is 18.3 Å². The molecule has 0 aromatic heterocycles. The highest BCUT2D eigenvalue weighted by atomic mass is 32.2. The summed E-state index contributed by atoms with van der Waals surface area (Å²) in [7, 11) is 1.63. The third kappa shape index (κ3) is 3.84. The van der Waals surface area contributed by atoms with Crippen molar-refractivity contribution in [1.82, 2.24) is 5.32 Å². The first kappa shape index (κ1) is 15.8. The fourth-order valence-corrected chi connectivity index (χ4v) is 2.73. The number of thiocarbonyl (C=S) groups is 1. The van der Waals surface area contributed by atoms with E-state index < -0.39 is 0 Å². The van der Waals surface area contributed by atoms with Crippen LogP contribution < -0.4 is 16.0 Å². The van der Waals surface area contributed by atoms with Crippen LogP contribution in [0, 0.1) is 0 Å². The van der Waals surface area contributed by atoms with Gasteiger partial charge in [0, 0.05) is 29.7 Å². The lowest BCUT2D eigenvalue weighted by Gasteiger charge is -2.25. The van der Waals surface area contributed by atoms with Gasteiger partial charge in [-0.3, -0.25) is 4.79 Å². The minimum Gasteiger partial charge on any atom is -0.389 e. The molecule has 0 bridgehead atoms. The molecular weight excluding hydrogens is 278 g/mol. The number of anilines is 1. The Morgan fingerprint density at radius 1 is 1.53 bits per heavy atom. The number of carbonyl (C=O) groups is 1. The van der Waals surface area contributed by atoms with E-state index in [2.05, 4.69) is 5.32 Å². The zero-order valence-corrected chi connectivity index (χ0v) is 13.0. The van der Waals surface area contributed by atoms with E-state index in [4.69, 9.17) is 18.0 Å². The molecule has 1 aromatic rings. The number of thioether (sulfide) groups is 1. The van der Waals surface area contributed by atoms with Gasteiger partial charge in [0.1, 0.15) is 4.99 Å². The largest absolute Gasteiger partial charge is 0.389 e. The Morgan fingerprint density at radius 3 is 2.68 bits per heavy atom. The molecule has 0 heterocycles. The van der Waals surface area contributed by atoms with Crippen LogP contribution >= 0.6 is 24.0 Å². The summed E-state index contributed by atoms with van der Waals surface area (Å²) in [6.07, 6.45) is 1.98. The summed E-state index contributed by atoms with van der Waals surface area (Å²) in [6.45, 7) is 3.00. The molecule has 0 aliphatic carbocycles. The maximum absolute atomic E-state index is 11.6. The molecule has 0 unspecified atom stereocenters. The predicted octanol–water partition coefficient (Wildman–Crippen LogP) is 1.61. The minimum absolute atomic E-state index is 0.0368. The van der Waals surface area contributed by atoms with E-state index in [1.54, 1.807) is 18.8 Å². The summed E-state index contributed by atoms with van der Waals surface area (Å²) in [5, 5.41) is 2.63. The lowest BCUT2D eigenvalue weighted by atomic mass is 10.1. The Kier molecular flexibility index (Phi) is 6.11. The molecule has 0 saturated heterocycles. The van der Waals surface area contributed by atoms with Crippen LogP contribution in [0.3, 0.4) is 0 Å². The second-order valence-electron chi connectivity index (χ2n) is 3.91. The van der Waals surface area contributed by atoms with Gasteiger partial charge in [-0.2, -0.15) is 0 Å². The van der Waals surface area contributed by atoms with Gasteiger partial charge >= 0.3 is 0 Å². The van der Waals surface area contributed by atoms with Crippen LogP contribution in [0.15, 0.2) is 23.1 Å². The van der Waals surface area contributed by atoms with Gasteiger partial charge in [0.15, 0.2) is 0 Å². The van der Waals surface area contributed by atoms with E-state index in [1.807, 2.05) is 36.3 Å². The molecular formula is C13H19N3OS2. The van der Waals surface area contributed by atoms with Crippen LogP contribution in [0.5, 0.6) is 0 Å². The summed E-state index contributed by atoms with van der Waals surface area (Å²) < 4.78 is 0. The van der Waals surface area contributed by atoms with E-state index in [0.29, 0.717) is 18.1 Å². The summed E-state index contributed by atoms with van der Waals surface area (Å²) in [5.41, 5.74) is 7.59. The zero-order chi connectivity index (χ0) is 14.4. The van der Waals surface area contributed by atoms with Crippen LogP contribution in [0.1, 0.15) is 12.5 Å². The van der Waals surface area contributed by atoms with Gasteiger partial charge in [-0.25, -0.2) is 0 Å². The van der Waals surface area contributed by atoms with Crippen molar-refractivity contribution in [3.05, 3.63) is 23.8 Å². The van der Waals surface area contributed by atoms with Gasteiger partial charge in [0.05, 0.1) is 6.54 Å². The third-order valence-electron chi connectivity index (χ3n) is 2.81. The first-order valence-corrected chi connectivity index (χ1v) is 7.60. The number of hydrogen-bond acceptors (Lipinski definition) is 4. The van der Waals surface area contributed by atoms with E-state index >= 15 is 0 Å². The second-order valence-corrected chi connectivity index (χ2v) is 5.19. The molecule has 0 aliphatic rings. The summed E-state index contributed by atoms with van der Waals surface area (Å²) in [4.78, 5) is 14.9. The summed E-state index contributed by atoms with van der Waals surface area (Å²) in [5.74, 6) is -0.0368. The maximum atomic E-state index is 11.6. The number of carbonyl (C=O) groups excluding carboxylic acids is 1. The van der Waals surface area contributed by atoms with Crippen molar-refractivity contribution in [2.75, 3.05) is 31.3 Å². The molecule has 0 atom stereocenters. The Hall–Kier alpha value is -1.27. The number of benzene rings is 1. The molecule has 1 rings (SSSR count). The molecule has 104 valence electrons. The highest BCUT2D eigenvalue weighted by Crippen LogP contribution is 2.29. The van der Waals surface area contributed by atoms with Crippen molar-refractivity contribution in [2.24, 2.45) is 5.73 Å². The van der Waals surface area contributed by atoms with Crippen LogP contribution in [0.2, 0.25) is 0 Å². The van der Waals surface area contributed by atoms with Crippen molar-refractivity contribution < 1.29 is 4.79 Å². The fraction of sp³-hybridized carbons (Fsp3) is 0.385. The minimum atomic E-state index is -0.0368. The van der Waals surface area contributed by atoms with Crippen molar-refractivity contribution in [2.45, 2.75) is 11.8 Å². The fourth-order valence-electron chi connectivity index (χ4n) is 1.82. The molecule has 1 aromatic carbocycles. The first-order valence-electron chi connectivity index (χ1n) is 5.97. The van der Waals surface area contributed by atoms with E-state index in [-0.39, 0.29) is 5.91 Å². The highest BCUT2D eigenvalue weighted by Gasteiger charge is 2.17. The average Bonchev–Trinajstić information content (AvgIpc) is 2.43. The average molecular weight is 297 g/mol. The monoisotopic (exact) mass is 297 g/mol. The number of nitrogens with one attached hydrogen (secondary N) is 1. The van der Waals surface area contributed by atoms with Gasteiger partial charge < -0.3 is 16.0 Å². The lowest BCUT2D eigenvalue weighted by molar-refractivity contribution is -0.119. The molecule has 0 aliphatic heterocycles. The Balaban J connectivity index is 3.23. The number of likely N-dealkylation sites (N-methyl/N-ethyl adjacent to an activating group) is 2. The molecule has 0 radical (unpaired) electrons. The highest BCUT2D eigenvalue weighted by molar-refractivity contribution is 7.98. The van der Waals surface area contributed by atoms with Gasteiger partial charge in [-0.15, -0.1) is 11.8 Å². The molecule has 4 nitrogen and oxygen atoms in total. The standard InChI is InChI=1S/C13H19N3OS2/c1-4-16(8-11(17)15-2)9-6-5-7-10(19-3)12(9)13(14)18/h5-7H,4,8H2,1-3H3,(H2,14,18)(H,15,17). The molecule has 19 heavy (non-hydrogen) atoms. The zero-order valence-electron chi connectivity index (χ0n) is 11.4. The maximum Gasteiger partial charge on any atom is 0.239 e. The summed E-state index contributed by atoms with van der Waals surface area (Å²) in [6, 6.07) is 5.88. The molecule has 1 amide bonds. The molecule has 0 saturated carbocycles. The van der Waals surface area contributed by atoms with Crippen molar-refractivity contribution in [3.63, 3.8) is 0 Å². The summed E-state index contributed by atoms with van der Waals surface area (Å²) >= 11 is 6.75.